The molecule has 0 unspecified atom stereocenters. The first-order valence-electron chi connectivity index (χ1n) is 27.3. The first-order chi connectivity index (χ1) is 34.2. The number of quaternary nitrogens is 3. The molecular formula is C62H90N7O2+3. The maximum absolute atomic E-state index is 6.35. The summed E-state index contributed by atoms with van der Waals surface area (Å²) in [6.45, 7) is 9.80. The first kappa shape index (κ1) is 53.3. The summed E-state index contributed by atoms with van der Waals surface area (Å²) < 4.78 is 15.8. The molecule has 8 bridgehead atoms. The molecular weight excluding hydrogens is 875 g/mol. The molecule has 0 radical (unpaired) electrons. The highest BCUT2D eigenvalue weighted by molar-refractivity contribution is 5.79. The molecule has 0 saturated carbocycles. The molecule has 382 valence electrons. The average molecular weight is 965 g/mol. The molecule has 71 heavy (non-hydrogen) atoms. The van der Waals surface area contributed by atoms with E-state index in [1.54, 1.807) is 0 Å². The molecule has 9 nitrogen and oxygen atoms in total. The lowest BCUT2D eigenvalue weighted by molar-refractivity contribution is -0.909. The van der Waals surface area contributed by atoms with Crippen molar-refractivity contribution in [1.82, 2.24) is 19.9 Å². The Balaban J connectivity index is 0.970. The van der Waals surface area contributed by atoms with Crippen LogP contribution in [0, 0.1) is 0 Å². The zero-order chi connectivity index (χ0) is 50.1. The van der Waals surface area contributed by atoms with Crippen molar-refractivity contribution in [2.45, 2.75) is 103 Å². The summed E-state index contributed by atoms with van der Waals surface area (Å²) in [5, 5.41) is 4.13. The van der Waals surface area contributed by atoms with Crippen LogP contribution < -0.4 is 30.9 Å². The highest BCUT2D eigenvalue weighted by Crippen LogP contribution is 2.26. The van der Waals surface area contributed by atoms with Gasteiger partial charge in [0.15, 0.2) is 0 Å². The Hall–Kier alpha value is -5.48. The SMILES string of the molecule is CCCCCCCCCCCCOc1ccc(C2=c3ccc([nH]3)=Cc3ccc([nH]3)C(c3ccc(OCCC[N+](C)(C)CCC[N+](C)(C)CCCCC[N+](C)(C)C)cc3)=c3ccc([nH]3)=Cc3ccc2[nH]3)cc1. The number of ether oxygens (including phenoxy) is 2. The van der Waals surface area contributed by atoms with Crippen LogP contribution >= 0.6 is 0 Å². The Morgan fingerprint density at radius 2 is 0.775 bits per heavy atom. The second-order valence-electron chi connectivity index (χ2n) is 22.8. The van der Waals surface area contributed by atoms with E-state index in [1.807, 2.05) is 0 Å². The fraction of sp³-hybridized carbons (Fsp3) is 0.484. The van der Waals surface area contributed by atoms with Gasteiger partial charge in [-0.2, -0.15) is 0 Å². The topological polar surface area (TPSA) is 81.6 Å². The molecule has 0 spiro atoms. The number of hydrogen-bond donors (Lipinski definition) is 4. The third-order valence-corrected chi connectivity index (χ3v) is 14.4. The van der Waals surface area contributed by atoms with Gasteiger partial charge < -0.3 is 42.9 Å². The van der Waals surface area contributed by atoms with Crippen LogP contribution in [0.25, 0.3) is 23.3 Å². The van der Waals surface area contributed by atoms with Crippen molar-refractivity contribution in [1.29, 1.82) is 0 Å². The van der Waals surface area contributed by atoms with Crippen LogP contribution in [0.2, 0.25) is 0 Å². The van der Waals surface area contributed by atoms with Crippen molar-refractivity contribution < 1.29 is 22.9 Å². The Bertz CT molecular complexity index is 2780. The smallest absolute Gasteiger partial charge is 0.119 e. The first-order valence-corrected chi connectivity index (χ1v) is 27.3. The minimum atomic E-state index is 0.707. The Morgan fingerprint density at radius 1 is 0.366 bits per heavy atom. The van der Waals surface area contributed by atoms with Gasteiger partial charge in [-0.3, -0.25) is 0 Å². The van der Waals surface area contributed by atoms with E-state index in [1.165, 1.54) is 110 Å². The van der Waals surface area contributed by atoms with Crippen LogP contribution in [-0.2, 0) is 0 Å². The van der Waals surface area contributed by atoms with Crippen LogP contribution in [0.4, 0.5) is 0 Å². The summed E-state index contributed by atoms with van der Waals surface area (Å²) in [6, 6.07) is 34.5. The lowest BCUT2D eigenvalue weighted by Crippen LogP contribution is -2.46. The Morgan fingerprint density at radius 3 is 1.25 bits per heavy atom. The highest BCUT2D eigenvalue weighted by atomic mass is 16.5. The third kappa shape index (κ3) is 17.1. The number of aromatic amines is 4. The molecule has 0 fully saturated rings. The van der Waals surface area contributed by atoms with E-state index in [0.29, 0.717) is 6.61 Å². The number of hydrogen-bond acceptors (Lipinski definition) is 2. The summed E-state index contributed by atoms with van der Waals surface area (Å²) in [5.74, 6) is 1.82. The van der Waals surface area contributed by atoms with Gasteiger partial charge in [0.2, 0.25) is 0 Å². The van der Waals surface area contributed by atoms with Crippen molar-refractivity contribution in [2.24, 2.45) is 0 Å². The summed E-state index contributed by atoms with van der Waals surface area (Å²) in [4.78, 5) is 14.9. The Kier molecular flexibility index (Phi) is 19.3. The maximum Gasteiger partial charge on any atom is 0.119 e. The average Bonchev–Trinajstić information content (AvgIpc) is 4.18. The van der Waals surface area contributed by atoms with E-state index in [-0.39, 0.29) is 0 Å². The van der Waals surface area contributed by atoms with Crippen LogP contribution in [0.1, 0.15) is 137 Å². The third-order valence-electron chi connectivity index (χ3n) is 14.4. The molecule has 0 amide bonds. The minimum absolute atomic E-state index is 0.707. The van der Waals surface area contributed by atoms with Gasteiger partial charge in [0.25, 0.3) is 0 Å². The van der Waals surface area contributed by atoms with Gasteiger partial charge in [-0.1, -0.05) is 89.0 Å². The molecule has 1 aliphatic heterocycles. The van der Waals surface area contributed by atoms with Crippen LogP contribution in [-0.4, -0.2) is 129 Å². The van der Waals surface area contributed by atoms with Gasteiger partial charge in [0.05, 0.1) is 95.3 Å². The molecule has 5 heterocycles. The second kappa shape index (κ2) is 25.8. The van der Waals surface area contributed by atoms with Crippen molar-refractivity contribution in [2.75, 3.05) is 95.3 Å². The molecule has 0 saturated heterocycles. The fourth-order valence-electron chi connectivity index (χ4n) is 10.2. The Labute approximate surface area is 426 Å². The monoisotopic (exact) mass is 965 g/mol. The molecule has 4 aromatic heterocycles. The summed E-state index contributed by atoms with van der Waals surface area (Å²) in [5.41, 5.74) is 8.58. The van der Waals surface area contributed by atoms with E-state index in [0.717, 1.165) is 117 Å². The van der Waals surface area contributed by atoms with Crippen molar-refractivity contribution in [3.8, 4) is 11.5 Å². The summed E-state index contributed by atoms with van der Waals surface area (Å²) >= 11 is 0. The molecule has 2 aromatic carbocycles. The molecule has 1 aliphatic rings. The van der Waals surface area contributed by atoms with Gasteiger partial charge in [-0.05, 0) is 122 Å². The number of aromatic nitrogens is 4. The number of fused-ring (bicyclic) bond motifs is 8. The number of benzene rings is 2. The fourth-order valence-corrected chi connectivity index (χ4v) is 10.2. The molecule has 6 aromatic rings. The number of nitrogens with one attached hydrogen (secondary N) is 4. The van der Waals surface area contributed by atoms with Crippen LogP contribution in [0.5, 0.6) is 11.5 Å². The van der Waals surface area contributed by atoms with E-state index in [4.69, 9.17) is 9.47 Å². The zero-order valence-electron chi connectivity index (χ0n) is 45.1. The standard InChI is InChI=1S/C62H90N7O2/c1-9-10-11-12-13-14-15-16-17-21-45-70-55-32-24-49(25-33-55)61-57-36-28-51(63-57)47-53-30-38-59(65-53)62(60-39-31-54(66-60)48-52-29-37-58(61)64-52)50-26-34-56(35-27-50)71-46-23-44-69(7,8)43-22-42-68(5,6)41-20-18-19-40-67(2,3)4/h24-39,47-48,63-66H,9-23,40-46H2,1-8H3/q+3. The van der Waals surface area contributed by atoms with Crippen molar-refractivity contribution in [3.05, 3.63) is 152 Å². The van der Waals surface area contributed by atoms with Gasteiger partial charge in [-0.15, -0.1) is 0 Å². The van der Waals surface area contributed by atoms with E-state index < -0.39 is 0 Å². The van der Waals surface area contributed by atoms with Gasteiger partial charge in [0.1, 0.15) is 11.5 Å². The lowest BCUT2D eigenvalue weighted by atomic mass is 10.0. The number of H-pyrrole nitrogens is 4. The summed E-state index contributed by atoms with van der Waals surface area (Å²) in [6.07, 6.45) is 23.8. The van der Waals surface area contributed by atoms with Crippen molar-refractivity contribution in [3.63, 3.8) is 0 Å². The maximum atomic E-state index is 6.35. The minimum Gasteiger partial charge on any atom is -0.494 e. The number of rotatable bonds is 29. The van der Waals surface area contributed by atoms with Gasteiger partial charge >= 0.3 is 0 Å². The largest absolute Gasteiger partial charge is 0.494 e. The zero-order valence-corrected chi connectivity index (χ0v) is 45.1. The second-order valence-corrected chi connectivity index (χ2v) is 22.8. The van der Waals surface area contributed by atoms with Crippen LogP contribution in [0.15, 0.2) is 97.1 Å². The van der Waals surface area contributed by atoms with Gasteiger partial charge in [-0.25, -0.2) is 0 Å². The predicted molar refractivity (Wildman–Crippen MR) is 297 cm³/mol. The quantitative estimate of drug-likeness (QED) is 0.0279. The molecule has 0 atom stereocenters. The molecule has 9 heteroatoms. The molecule has 4 N–H and O–H groups in total. The van der Waals surface area contributed by atoms with Gasteiger partial charge in [0, 0.05) is 68.2 Å². The predicted octanol–water partition coefficient (Wildman–Crippen LogP) is 9.95. The number of nitrogens with zero attached hydrogens (tertiary/aromatic N) is 3. The molecule has 0 aliphatic carbocycles. The number of unbranched alkanes of at least 4 members (excludes halogenated alkanes) is 11. The van der Waals surface area contributed by atoms with Crippen molar-refractivity contribution >= 4 is 23.3 Å². The highest BCUT2D eigenvalue weighted by Gasteiger charge is 2.20. The summed E-state index contributed by atoms with van der Waals surface area (Å²) in [7, 11) is 16.4. The van der Waals surface area contributed by atoms with E-state index in [9.17, 15) is 0 Å². The normalized spacial score (nSPS) is 13.1. The van der Waals surface area contributed by atoms with E-state index >= 15 is 0 Å². The lowest BCUT2D eigenvalue weighted by Gasteiger charge is -2.34. The van der Waals surface area contributed by atoms with Crippen LogP contribution in [0.3, 0.4) is 0 Å². The molecule has 7 rings (SSSR count). The van der Waals surface area contributed by atoms with E-state index in [2.05, 4.69) is 185 Å².